The second kappa shape index (κ2) is 9.35. The standard InChI is InChI=1S/C25H26N2O2S/c1-19-9-11-20(12-10-19)17-30-18-24(28)26-13-15-27(16-14-26)25(29)23-8-4-6-21-5-2-3-7-22(21)23/h2-12H,13-18H2,1H3. The Balaban J connectivity index is 1.29. The molecule has 1 fully saturated rings. The monoisotopic (exact) mass is 418 g/mol. The number of carbonyl (C=O) groups excluding carboxylic acids is 2. The van der Waals surface area contributed by atoms with Gasteiger partial charge >= 0.3 is 0 Å². The quantitative estimate of drug-likeness (QED) is 0.618. The number of hydrogen-bond donors (Lipinski definition) is 0. The molecule has 0 N–H and O–H groups in total. The van der Waals surface area contributed by atoms with Gasteiger partial charge in [0.1, 0.15) is 0 Å². The summed E-state index contributed by atoms with van der Waals surface area (Å²) in [5.74, 6) is 1.52. The third-order valence-corrected chi connectivity index (χ3v) is 6.54. The van der Waals surface area contributed by atoms with Crippen LogP contribution in [0.3, 0.4) is 0 Å². The van der Waals surface area contributed by atoms with E-state index >= 15 is 0 Å². The molecular formula is C25H26N2O2S. The Morgan fingerprint density at radius 2 is 1.50 bits per heavy atom. The second-order valence-electron chi connectivity index (χ2n) is 7.68. The fourth-order valence-corrected chi connectivity index (χ4v) is 4.66. The Bertz CT molecular complexity index is 1040. The summed E-state index contributed by atoms with van der Waals surface area (Å²) >= 11 is 1.65. The fraction of sp³-hybridized carbons (Fsp3) is 0.280. The average molecular weight is 419 g/mol. The highest BCUT2D eigenvalue weighted by atomic mass is 32.2. The van der Waals surface area contributed by atoms with E-state index in [-0.39, 0.29) is 11.8 Å². The Morgan fingerprint density at radius 3 is 2.27 bits per heavy atom. The van der Waals surface area contributed by atoms with Crippen molar-refractivity contribution in [3.8, 4) is 0 Å². The Kier molecular flexibility index (Phi) is 6.38. The Hall–Kier alpha value is -2.79. The van der Waals surface area contributed by atoms with Crippen molar-refractivity contribution < 1.29 is 9.59 Å². The van der Waals surface area contributed by atoms with Gasteiger partial charge in [0, 0.05) is 37.5 Å². The van der Waals surface area contributed by atoms with E-state index in [1.54, 1.807) is 11.8 Å². The molecule has 3 aromatic carbocycles. The normalized spacial score (nSPS) is 14.2. The molecule has 5 heteroatoms. The highest BCUT2D eigenvalue weighted by Crippen LogP contribution is 2.21. The molecular weight excluding hydrogens is 392 g/mol. The number of amides is 2. The van der Waals surface area contributed by atoms with E-state index in [4.69, 9.17) is 0 Å². The molecule has 3 aromatic rings. The zero-order valence-electron chi connectivity index (χ0n) is 17.2. The van der Waals surface area contributed by atoms with Gasteiger partial charge in [-0.25, -0.2) is 0 Å². The molecule has 0 aromatic heterocycles. The number of benzene rings is 3. The molecule has 1 heterocycles. The summed E-state index contributed by atoms with van der Waals surface area (Å²) in [6.45, 7) is 4.43. The molecule has 0 spiro atoms. The topological polar surface area (TPSA) is 40.6 Å². The average Bonchev–Trinajstić information content (AvgIpc) is 2.79. The first-order valence-corrected chi connectivity index (χ1v) is 11.5. The van der Waals surface area contributed by atoms with Gasteiger partial charge in [0.05, 0.1) is 5.75 Å². The summed E-state index contributed by atoms with van der Waals surface area (Å²) < 4.78 is 0. The Morgan fingerprint density at radius 1 is 0.833 bits per heavy atom. The minimum atomic E-state index is 0.0487. The van der Waals surface area contributed by atoms with Gasteiger partial charge in [0.2, 0.25) is 5.91 Å². The zero-order chi connectivity index (χ0) is 20.9. The number of fused-ring (bicyclic) bond motifs is 1. The highest BCUT2D eigenvalue weighted by molar-refractivity contribution is 7.99. The lowest BCUT2D eigenvalue weighted by atomic mass is 10.0. The van der Waals surface area contributed by atoms with Gasteiger partial charge in [-0.05, 0) is 29.3 Å². The molecule has 1 saturated heterocycles. The maximum atomic E-state index is 13.1. The molecule has 154 valence electrons. The highest BCUT2D eigenvalue weighted by Gasteiger charge is 2.25. The van der Waals surface area contributed by atoms with E-state index in [0.717, 1.165) is 22.1 Å². The minimum absolute atomic E-state index is 0.0487. The largest absolute Gasteiger partial charge is 0.338 e. The molecule has 2 amide bonds. The predicted octanol–water partition coefficient (Wildman–Crippen LogP) is 4.37. The summed E-state index contributed by atoms with van der Waals surface area (Å²) in [6, 6.07) is 22.2. The van der Waals surface area contributed by atoms with Crippen LogP contribution in [0.5, 0.6) is 0 Å². The molecule has 0 aliphatic carbocycles. The van der Waals surface area contributed by atoms with E-state index in [1.807, 2.05) is 52.3 Å². The third kappa shape index (κ3) is 4.68. The van der Waals surface area contributed by atoms with Crippen LogP contribution in [-0.4, -0.2) is 53.5 Å². The number of nitrogens with zero attached hydrogens (tertiary/aromatic N) is 2. The van der Waals surface area contributed by atoms with Gasteiger partial charge in [-0.2, -0.15) is 0 Å². The molecule has 1 aliphatic heterocycles. The Labute approximate surface area is 181 Å². The number of piperazine rings is 1. The maximum absolute atomic E-state index is 13.1. The molecule has 0 saturated carbocycles. The smallest absolute Gasteiger partial charge is 0.254 e. The van der Waals surface area contributed by atoms with Gasteiger partial charge in [-0.15, -0.1) is 11.8 Å². The van der Waals surface area contributed by atoms with Crippen LogP contribution in [0.25, 0.3) is 10.8 Å². The van der Waals surface area contributed by atoms with E-state index < -0.39 is 0 Å². The molecule has 1 aliphatic rings. The summed E-state index contributed by atoms with van der Waals surface area (Å²) in [7, 11) is 0. The van der Waals surface area contributed by atoms with E-state index in [2.05, 4.69) is 31.2 Å². The summed E-state index contributed by atoms with van der Waals surface area (Å²) in [5, 5.41) is 2.05. The fourth-order valence-electron chi connectivity index (χ4n) is 3.77. The molecule has 4 nitrogen and oxygen atoms in total. The number of thioether (sulfide) groups is 1. The van der Waals surface area contributed by atoms with Gasteiger partial charge in [-0.1, -0.05) is 66.2 Å². The number of rotatable bonds is 5. The van der Waals surface area contributed by atoms with Crippen LogP contribution >= 0.6 is 11.8 Å². The van der Waals surface area contributed by atoms with Crippen molar-refractivity contribution in [3.63, 3.8) is 0 Å². The van der Waals surface area contributed by atoms with E-state index in [9.17, 15) is 9.59 Å². The van der Waals surface area contributed by atoms with Gasteiger partial charge in [0.15, 0.2) is 0 Å². The summed E-state index contributed by atoms with van der Waals surface area (Å²) in [6.07, 6.45) is 0. The number of hydrogen-bond acceptors (Lipinski definition) is 3. The van der Waals surface area contributed by atoms with Crippen LogP contribution < -0.4 is 0 Å². The summed E-state index contributed by atoms with van der Waals surface area (Å²) in [5.41, 5.74) is 3.22. The first-order valence-electron chi connectivity index (χ1n) is 10.3. The lowest BCUT2D eigenvalue weighted by Crippen LogP contribution is -2.51. The number of aryl methyl sites for hydroxylation is 1. The van der Waals surface area contributed by atoms with Gasteiger partial charge < -0.3 is 9.80 Å². The van der Waals surface area contributed by atoms with Crippen LogP contribution in [0.1, 0.15) is 21.5 Å². The molecule has 30 heavy (non-hydrogen) atoms. The van der Waals surface area contributed by atoms with E-state index in [0.29, 0.717) is 31.9 Å². The van der Waals surface area contributed by atoms with Crippen LogP contribution in [-0.2, 0) is 10.5 Å². The first-order chi connectivity index (χ1) is 14.6. The SMILES string of the molecule is Cc1ccc(CSCC(=O)N2CCN(C(=O)c3cccc4ccccc34)CC2)cc1. The van der Waals surface area contributed by atoms with Crippen molar-refractivity contribution in [1.82, 2.24) is 9.80 Å². The van der Waals surface area contributed by atoms with Crippen LogP contribution in [0, 0.1) is 6.92 Å². The van der Waals surface area contributed by atoms with Crippen LogP contribution in [0.4, 0.5) is 0 Å². The molecule has 0 unspecified atom stereocenters. The van der Waals surface area contributed by atoms with Gasteiger partial charge in [-0.3, -0.25) is 9.59 Å². The van der Waals surface area contributed by atoms with Crippen LogP contribution in [0.15, 0.2) is 66.7 Å². The van der Waals surface area contributed by atoms with Crippen molar-refractivity contribution in [2.45, 2.75) is 12.7 Å². The van der Waals surface area contributed by atoms with Crippen molar-refractivity contribution in [2.75, 3.05) is 31.9 Å². The molecule has 0 bridgehead atoms. The minimum Gasteiger partial charge on any atom is -0.338 e. The molecule has 0 atom stereocenters. The van der Waals surface area contributed by atoms with Gasteiger partial charge in [0.25, 0.3) is 5.91 Å². The van der Waals surface area contributed by atoms with E-state index in [1.165, 1.54) is 11.1 Å². The van der Waals surface area contributed by atoms with Crippen molar-refractivity contribution in [2.24, 2.45) is 0 Å². The third-order valence-electron chi connectivity index (χ3n) is 5.55. The number of carbonyl (C=O) groups is 2. The predicted molar refractivity (Wildman–Crippen MR) is 124 cm³/mol. The zero-order valence-corrected chi connectivity index (χ0v) is 18.0. The summed E-state index contributed by atoms with van der Waals surface area (Å²) in [4.78, 5) is 29.4. The molecule has 4 rings (SSSR count). The second-order valence-corrected chi connectivity index (χ2v) is 8.66. The van der Waals surface area contributed by atoms with Crippen molar-refractivity contribution >= 4 is 34.3 Å². The molecule has 0 radical (unpaired) electrons. The van der Waals surface area contributed by atoms with Crippen molar-refractivity contribution in [3.05, 3.63) is 83.4 Å². The van der Waals surface area contributed by atoms with Crippen LogP contribution in [0.2, 0.25) is 0 Å². The maximum Gasteiger partial charge on any atom is 0.254 e. The first kappa shape index (κ1) is 20.5. The van der Waals surface area contributed by atoms with Crippen molar-refractivity contribution in [1.29, 1.82) is 0 Å². The lowest BCUT2D eigenvalue weighted by Gasteiger charge is -2.35. The lowest BCUT2D eigenvalue weighted by molar-refractivity contribution is -0.129.